The topological polar surface area (TPSA) is 101 Å². The molecule has 0 unspecified atom stereocenters. The van der Waals surface area contributed by atoms with Gasteiger partial charge in [0.25, 0.3) is 0 Å². The van der Waals surface area contributed by atoms with E-state index < -0.39 is 22.8 Å². The van der Waals surface area contributed by atoms with Crippen molar-refractivity contribution in [1.82, 2.24) is 0 Å². The van der Waals surface area contributed by atoms with E-state index in [-0.39, 0.29) is 57.9 Å². The monoisotopic (exact) mass is 504 g/mol. The van der Waals surface area contributed by atoms with Gasteiger partial charge in [-0.3, -0.25) is 14.4 Å². The van der Waals surface area contributed by atoms with Crippen molar-refractivity contribution in [3.8, 4) is 0 Å². The molecule has 2 N–H and O–H groups in total. The zero-order valence-electron chi connectivity index (χ0n) is 23.7. The van der Waals surface area contributed by atoms with Crippen molar-refractivity contribution < 1.29 is 29.3 Å². The fourth-order valence-electron chi connectivity index (χ4n) is 10.3. The summed E-state index contributed by atoms with van der Waals surface area (Å²) in [6, 6.07) is 0. The molecule has 8 atom stereocenters. The van der Waals surface area contributed by atoms with E-state index >= 15 is 0 Å². The molecule has 6 heteroatoms. The van der Waals surface area contributed by atoms with Crippen LogP contribution in [0.15, 0.2) is 0 Å². The van der Waals surface area contributed by atoms with Gasteiger partial charge in [0.2, 0.25) is 0 Å². The molecule has 1 saturated heterocycles. The second kappa shape index (κ2) is 8.28. The fraction of sp³-hybridized carbons (Fsp3) is 0.900. The maximum atomic E-state index is 14.2. The third kappa shape index (κ3) is 3.79. The third-order valence-electron chi connectivity index (χ3n) is 12.1. The molecule has 0 amide bonds. The molecule has 1 aliphatic heterocycles. The molecule has 0 radical (unpaired) electrons. The van der Waals surface area contributed by atoms with Gasteiger partial charge in [-0.2, -0.15) is 0 Å². The second-order valence-electron chi connectivity index (χ2n) is 14.9. The van der Waals surface area contributed by atoms with E-state index in [2.05, 4.69) is 34.6 Å². The highest BCUT2D eigenvalue weighted by Crippen LogP contribution is 2.74. The van der Waals surface area contributed by atoms with Crippen LogP contribution in [0.1, 0.15) is 113 Å². The minimum absolute atomic E-state index is 0.101. The van der Waals surface area contributed by atoms with E-state index in [4.69, 9.17) is 4.74 Å². The first kappa shape index (κ1) is 27.6. The number of aliphatic carboxylic acids is 2. The van der Waals surface area contributed by atoms with Crippen LogP contribution in [0.2, 0.25) is 0 Å². The summed E-state index contributed by atoms with van der Waals surface area (Å²) in [7, 11) is 0. The van der Waals surface area contributed by atoms with Crippen LogP contribution in [0.4, 0.5) is 0 Å². The number of Topliss-reactive ketones (excluding diaryl/α,β-unsaturated/α-hetero) is 1. The highest BCUT2D eigenvalue weighted by Gasteiger charge is 2.71. The molecule has 0 aromatic carbocycles. The van der Waals surface area contributed by atoms with Crippen molar-refractivity contribution in [2.45, 2.75) is 124 Å². The van der Waals surface area contributed by atoms with Crippen LogP contribution in [-0.2, 0) is 19.1 Å². The Morgan fingerprint density at radius 3 is 2.11 bits per heavy atom. The van der Waals surface area contributed by atoms with Gasteiger partial charge in [-0.05, 0) is 114 Å². The lowest BCUT2D eigenvalue weighted by molar-refractivity contribution is -0.221. The molecule has 6 nitrogen and oxygen atoms in total. The first-order valence-electron chi connectivity index (χ1n) is 14.0. The average molecular weight is 505 g/mol. The number of fused-ring (bicyclic) bond motifs is 3. The van der Waals surface area contributed by atoms with E-state index in [1.165, 1.54) is 0 Å². The first-order chi connectivity index (χ1) is 16.3. The van der Waals surface area contributed by atoms with E-state index in [9.17, 15) is 24.6 Å². The molecule has 3 saturated carbocycles. The minimum atomic E-state index is -1.07. The van der Waals surface area contributed by atoms with E-state index in [1.807, 2.05) is 6.92 Å². The Morgan fingerprint density at radius 2 is 1.56 bits per heavy atom. The summed E-state index contributed by atoms with van der Waals surface area (Å²) < 4.78 is 6.74. The van der Waals surface area contributed by atoms with E-state index in [1.54, 1.807) is 13.8 Å². The first-order valence-corrected chi connectivity index (χ1v) is 14.0. The van der Waals surface area contributed by atoms with Crippen molar-refractivity contribution in [2.75, 3.05) is 0 Å². The van der Waals surface area contributed by atoms with Crippen molar-refractivity contribution in [3.05, 3.63) is 0 Å². The summed E-state index contributed by atoms with van der Waals surface area (Å²) in [5.74, 6) is -2.00. The summed E-state index contributed by atoms with van der Waals surface area (Å²) in [6.45, 7) is 16.5. The number of ketones is 1. The number of carbonyl (C=O) groups excluding carboxylic acids is 1. The number of hydrogen-bond donors (Lipinski definition) is 2. The molecule has 4 rings (SSSR count). The molecule has 4 fully saturated rings. The Bertz CT molecular complexity index is 953. The van der Waals surface area contributed by atoms with Crippen molar-refractivity contribution in [2.24, 2.45) is 45.3 Å². The van der Waals surface area contributed by atoms with Gasteiger partial charge >= 0.3 is 11.9 Å². The van der Waals surface area contributed by atoms with Crippen molar-refractivity contribution >= 4 is 17.7 Å². The lowest BCUT2D eigenvalue weighted by Gasteiger charge is -2.67. The van der Waals surface area contributed by atoms with Crippen molar-refractivity contribution in [3.63, 3.8) is 0 Å². The lowest BCUT2D eigenvalue weighted by Crippen LogP contribution is -2.65. The summed E-state index contributed by atoms with van der Waals surface area (Å²) in [5.41, 5.74) is -2.89. The minimum Gasteiger partial charge on any atom is -0.481 e. The van der Waals surface area contributed by atoms with Crippen LogP contribution in [0.3, 0.4) is 0 Å². The zero-order valence-corrected chi connectivity index (χ0v) is 23.7. The maximum Gasteiger partial charge on any atom is 0.309 e. The zero-order chi connectivity index (χ0) is 27.1. The molecule has 0 aromatic rings. The van der Waals surface area contributed by atoms with Gasteiger partial charge in [-0.25, -0.2) is 0 Å². The molecular weight excluding hydrogens is 456 g/mol. The van der Waals surface area contributed by atoms with E-state index in [0.29, 0.717) is 12.8 Å². The van der Waals surface area contributed by atoms with Gasteiger partial charge in [-0.15, -0.1) is 0 Å². The molecule has 3 aliphatic carbocycles. The normalized spacial score (nSPS) is 46.6. The number of ether oxygens (including phenoxy) is 1. The lowest BCUT2D eigenvalue weighted by atomic mass is 9.36. The Labute approximate surface area is 216 Å². The summed E-state index contributed by atoms with van der Waals surface area (Å²) in [4.78, 5) is 38.7. The maximum absolute atomic E-state index is 14.2. The summed E-state index contributed by atoms with van der Waals surface area (Å²) >= 11 is 0. The van der Waals surface area contributed by atoms with Crippen LogP contribution in [0, 0.1) is 45.3 Å². The van der Waals surface area contributed by atoms with Crippen LogP contribution < -0.4 is 0 Å². The highest BCUT2D eigenvalue weighted by atomic mass is 16.5. The largest absolute Gasteiger partial charge is 0.481 e. The number of carboxylic acid groups (broad SMARTS) is 2. The van der Waals surface area contributed by atoms with Crippen LogP contribution in [0.5, 0.6) is 0 Å². The van der Waals surface area contributed by atoms with Gasteiger partial charge in [0.1, 0.15) is 5.78 Å². The van der Waals surface area contributed by atoms with Crippen LogP contribution in [-0.4, -0.2) is 39.1 Å². The number of rotatable bonds is 5. The molecular formula is C30H48O6. The SMILES string of the molecule is CC1(C)CCC[C@](C)([C@H]2CC[C@]3(C)[C@@H]2C(=O)C[C@@H]2[C@@](C)(CC(=O)O)[C@H](C(C)(C)C(=O)O)CC[C@]23C)O1. The Balaban J connectivity index is 1.77. The number of hydrogen-bond acceptors (Lipinski definition) is 4. The Kier molecular flexibility index (Phi) is 6.35. The van der Waals surface area contributed by atoms with Crippen LogP contribution >= 0.6 is 0 Å². The molecule has 1 heterocycles. The van der Waals surface area contributed by atoms with Gasteiger partial charge in [0.05, 0.1) is 23.0 Å². The van der Waals surface area contributed by atoms with Gasteiger partial charge in [0.15, 0.2) is 0 Å². The Hall–Kier alpha value is -1.43. The van der Waals surface area contributed by atoms with E-state index in [0.717, 1.165) is 38.5 Å². The predicted molar refractivity (Wildman–Crippen MR) is 137 cm³/mol. The molecule has 0 spiro atoms. The molecule has 36 heavy (non-hydrogen) atoms. The number of carbonyl (C=O) groups is 3. The van der Waals surface area contributed by atoms with Gasteiger partial charge in [-0.1, -0.05) is 20.8 Å². The standard InChI is InChI=1S/C30H48O6/c1-25(2)12-9-13-30(8,36-25)18-10-14-29(7)23(18)19(31)16-21-27(5,17-22(32)33)20(11-15-28(21,29)6)26(3,4)24(34)35/h18,20-21,23H,9-17H2,1-8H3,(H,32,33)(H,34,35)/t18-,20-,21+,23-,27-,28+,29+,30+/m0/s1. The Morgan fingerprint density at radius 1 is 0.944 bits per heavy atom. The number of carboxylic acids is 2. The average Bonchev–Trinajstić information content (AvgIpc) is 3.09. The molecule has 204 valence electrons. The molecule has 0 bridgehead atoms. The predicted octanol–water partition coefficient (Wildman–Crippen LogP) is 6.35. The summed E-state index contributed by atoms with van der Waals surface area (Å²) in [6.07, 6.45) is 6.68. The molecule has 4 aliphatic rings. The second-order valence-corrected chi connectivity index (χ2v) is 14.9. The van der Waals surface area contributed by atoms with Gasteiger partial charge < -0.3 is 14.9 Å². The van der Waals surface area contributed by atoms with Crippen LogP contribution in [0.25, 0.3) is 0 Å². The fourth-order valence-corrected chi connectivity index (χ4v) is 10.3. The smallest absolute Gasteiger partial charge is 0.309 e. The van der Waals surface area contributed by atoms with Crippen molar-refractivity contribution in [1.29, 1.82) is 0 Å². The highest BCUT2D eigenvalue weighted by molar-refractivity contribution is 5.85. The quantitative estimate of drug-likeness (QED) is 0.452. The third-order valence-corrected chi connectivity index (χ3v) is 12.1. The molecule has 0 aromatic heterocycles. The van der Waals surface area contributed by atoms with Gasteiger partial charge in [0, 0.05) is 12.3 Å². The summed E-state index contributed by atoms with van der Waals surface area (Å²) in [5, 5.41) is 20.1.